The molecular weight excluding hydrogens is 344 g/mol. The standard InChI is InChI=1S/C16H19BrN4O/c1-4-21(5-2)16-18-9-12(10-19-16)15(22)20-14-7-6-11(3)8-13(14)17/h6-10H,4-5H2,1-3H3,(H,20,22). The molecular formula is C16H19BrN4O. The third-order valence-corrected chi connectivity index (χ3v) is 3.98. The molecule has 5 nitrogen and oxygen atoms in total. The second-order valence-electron chi connectivity index (χ2n) is 4.88. The first kappa shape index (κ1) is 16.4. The van der Waals surface area contributed by atoms with Crippen LogP contribution in [-0.4, -0.2) is 29.0 Å². The smallest absolute Gasteiger partial charge is 0.258 e. The van der Waals surface area contributed by atoms with E-state index < -0.39 is 0 Å². The van der Waals surface area contributed by atoms with Gasteiger partial charge in [0.1, 0.15) is 0 Å². The van der Waals surface area contributed by atoms with Gasteiger partial charge in [-0.1, -0.05) is 6.07 Å². The quantitative estimate of drug-likeness (QED) is 0.881. The fourth-order valence-electron chi connectivity index (χ4n) is 2.02. The van der Waals surface area contributed by atoms with Crippen molar-refractivity contribution >= 4 is 33.5 Å². The summed E-state index contributed by atoms with van der Waals surface area (Å²) in [7, 11) is 0. The normalized spacial score (nSPS) is 10.4. The highest BCUT2D eigenvalue weighted by atomic mass is 79.9. The molecule has 1 N–H and O–H groups in total. The minimum Gasteiger partial charge on any atom is -0.341 e. The fourth-order valence-corrected chi connectivity index (χ4v) is 2.62. The maximum absolute atomic E-state index is 12.2. The molecule has 0 saturated carbocycles. The van der Waals surface area contributed by atoms with Crippen molar-refractivity contribution in [3.63, 3.8) is 0 Å². The minimum absolute atomic E-state index is 0.226. The predicted octanol–water partition coefficient (Wildman–Crippen LogP) is 3.65. The molecule has 0 unspecified atom stereocenters. The van der Waals surface area contributed by atoms with Crippen molar-refractivity contribution in [3.8, 4) is 0 Å². The number of hydrogen-bond acceptors (Lipinski definition) is 4. The Bertz CT molecular complexity index is 654. The highest BCUT2D eigenvalue weighted by molar-refractivity contribution is 9.10. The van der Waals surface area contributed by atoms with Crippen LogP contribution < -0.4 is 10.2 Å². The number of anilines is 2. The van der Waals surface area contributed by atoms with Gasteiger partial charge in [-0.05, 0) is 54.4 Å². The number of aryl methyl sites for hydroxylation is 1. The third kappa shape index (κ3) is 3.82. The molecule has 0 saturated heterocycles. The summed E-state index contributed by atoms with van der Waals surface area (Å²) in [5.41, 5.74) is 2.28. The fraction of sp³-hybridized carbons (Fsp3) is 0.312. The lowest BCUT2D eigenvalue weighted by atomic mass is 10.2. The molecule has 0 spiro atoms. The van der Waals surface area contributed by atoms with Gasteiger partial charge in [0.2, 0.25) is 5.95 Å². The van der Waals surface area contributed by atoms with Gasteiger partial charge in [0.15, 0.2) is 0 Å². The molecule has 0 atom stereocenters. The molecule has 0 radical (unpaired) electrons. The van der Waals surface area contributed by atoms with Crippen LogP contribution in [0.5, 0.6) is 0 Å². The first-order valence-corrected chi connectivity index (χ1v) is 7.99. The van der Waals surface area contributed by atoms with Crippen molar-refractivity contribution in [3.05, 3.63) is 46.2 Å². The number of benzene rings is 1. The average molecular weight is 363 g/mol. The average Bonchev–Trinajstić information content (AvgIpc) is 2.52. The molecule has 0 aliphatic rings. The van der Waals surface area contributed by atoms with E-state index in [2.05, 4.69) is 31.2 Å². The number of nitrogens with zero attached hydrogens (tertiary/aromatic N) is 3. The summed E-state index contributed by atoms with van der Waals surface area (Å²) in [5.74, 6) is 0.411. The molecule has 22 heavy (non-hydrogen) atoms. The van der Waals surface area contributed by atoms with Gasteiger partial charge in [-0.25, -0.2) is 9.97 Å². The van der Waals surface area contributed by atoms with Crippen LogP contribution in [0.25, 0.3) is 0 Å². The van der Waals surface area contributed by atoms with Gasteiger partial charge in [-0.2, -0.15) is 0 Å². The van der Waals surface area contributed by atoms with E-state index in [1.165, 1.54) is 0 Å². The molecule has 0 bridgehead atoms. The molecule has 1 aromatic heterocycles. The van der Waals surface area contributed by atoms with Gasteiger partial charge in [0.05, 0.1) is 11.3 Å². The van der Waals surface area contributed by atoms with Gasteiger partial charge >= 0.3 is 0 Å². The number of carbonyl (C=O) groups is 1. The van der Waals surface area contributed by atoms with Crippen LogP contribution in [0.3, 0.4) is 0 Å². The van der Waals surface area contributed by atoms with E-state index in [0.717, 1.165) is 28.8 Å². The Labute approximate surface area is 138 Å². The summed E-state index contributed by atoms with van der Waals surface area (Å²) in [6.07, 6.45) is 3.11. The SMILES string of the molecule is CCN(CC)c1ncc(C(=O)Nc2ccc(C)cc2Br)cn1. The Balaban J connectivity index is 2.13. The molecule has 2 aromatic rings. The van der Waals surface area contributed by atoms with Gasteiger partial charge < -0.3 is 10.2 Å². The highest BCUT2D eigenvalue weighted by Crippen LogP contribution is 2.23. The summed E-state index contributed by atoms with van der Waals surface area (Å²) in [4.78, 5) is 22.8. The van der Waals surface area contributed by atoms with Crippen molar-refractivity contribution in [2.24, 2.45) is 0 Å². The molecule has 1 amide bonds. The van der Waals surface area contributed by atoms with E-state index in [0.29, 0.717) is 11.5 Å². The van der Waals surface area contributed by atoms with Crippen LogP contribution in [0, 0.1) is 6.92 Å². The van der Waals surface area contributed by atoms with E-state index in [9.17, 15) is 4.79 Å². The molecule has 1 heterocycles. The lowest BCUT2D eigenvalue weighted by Crippen LogP contribution is -2.24. The van der Waals surface area contributed by atoms with Crippen molar-refractivity contribution in [1.29, 1.82) is 0 Å². The second kappa shape index (κ2) is 7.35. The maximum Gasteiger partial charge on any atom is 0.258 e. The van der Waals surface area contributed by atoms with Gasteiger partial charge in [0, 0.05) is 30.0 Å². The van der Waals surface area contributed by atoms with Crippen molar-refractivity contribution < 1.29 is 4.79 Å². The van der Waals surface area contributed by atoms with Crippen molar-refractivity contribution in [1.82, 2.24) is 9.97 Å². The zero-order valence-electron chi connectivity index (χ0n) is 12.9. The zero-order chi connectivity index (χ0) is 16.1. The van der Waals surface area contributed by atoms with Crippen LogP contribution in [-0.2, 0) is 0 Å². The molecule has 0 aliphatic heterocycles. The topological polar surface area (TPSA) is 58.1 Å². The number of hydrogen-bond donors (Lipinski definition) is 1. The van der Waals surface area contributed by atoms with Crippen molar-refractivity contribution in [2.75, 3.05) is 23.3 Å². The summed E-state index contributed by atoms with van der Waals surface area (Å²) >= 11 is 3.44. The largest absolute Gasteiger partial charge is 0.341 e. The monoisotopic (exact) mass is 362 g/mol. The Hall–Kier alpha value is -1.95. The van der Waals surface area contributed by atoms with E-state index in [1.54, 1.807) is 12.4 Å². The first-order valence-electron chi connectivity index (χ1n) is 7.19. The first-order chi connectivity index (χ1) is 10.5. The summed E-state index contributed by atoms with van der Waals surface area (Å²) < 4.78 is 0.849. The number of aromatic nitrogens is 2. The lowest BCUT2D eigenvalue weighted by molar-refractivity contribution is 0.102. The maximum atomic E-state index is 12.2. The van der Waals surface area contributed by atoms with Gasteiger partial charge in [-0.15, -0.1) is 0 Å². The Morgan fingerprint density at radius 2 is 1.86 bits per heavy atom. The number of nitrogens with one attached hydrogen (secondary N) is 1. The molecule has 2 rings (SSSR count). The van der Waals surface area contributed by atoms with E-state index in [1.807, 2.05) is 43.9 Å². The predicted molar refractivity (Wildman–Crippen MR) is 92.4 cm³/mol. The van der Waals surface area contributed by atoms with Crippen molar-refractivity contribution in [2.45, 2.75) is 20.8 Å². The molecule has 0 fully saturated rings. The molecule has 6 heteroatoms. The second-order valence-corrected chi connectivity index (χ2v) is 5.74. The van der Waals surface area contributed by atoms with Crippen LogP contribution in [0.4, 0.5) is 11.6 Å². The van der Waals surface area contributed by atoms with Crippen LogP contribution >= 0.6 is 15.9 Å². The van der Waals surface area contributed by atoms with E-state index in [-0.39, 0.29) is 5.91 Å². The summed E-state index contributed by atoms with van der Waals surface area (Å²) in [6.45, 7) is 7.75. The molecule has 116 valence electrons. The van der Waals surface area contributed by atoms with Crippen LogP contribution in [0.2, 0.25) is 0 Å². The van der Waals surface area contributed by atoms with E-state index >= 15 is 0 Å². The Morgan fingerprint density at radius 3 is 2.41 bits per heavy atom. The molecule has 1 aromatic carbocycles. The molecule has 0 aliphatic carbocycles. The highest BCUT2D eigenvalue weighted by Gasteiger charge is 2.11. The number of halogens is 1. The van der Waals surface area contributed by atoms with Gasteiger partial charge in [-0.3, -0.25) is 4.79 Å². The number of carbonyl (C=O) groups excluding carboxylic acids is 1. The summed E-state index contributed by atoms with van der Waals surface area (Å²) in [6, 6.07) is 5.76. The Morgan fingerprint density at radius 1 is 1.23 bits per heavy atom. The number of rotatable bonds is 5. The summed E-state index contributed by atoms with van der Waals surface area (Å²) in [5, 5.41) is 2.85. The van der Waals surface area contributed by atoms with Crippen LogP contribution in [0.15, 0.2) is 35.1 Å². The van der Waals surface area contributed by atoms with Crippen LogP contribution in [0.1, 0.15) is 29.8 Å². The van der Waals surface area contributed by atoms with Gasteiger partial charge in [0.25, 0.3) is 5.91 Å². The Kier molecular flexibility index (Phi) is 5.49. The third-order valence-electron chi connectivity index (χ3n) is 3.32. The van der Waals surface area contributed by atoms with E-state index in [4.69, 9.17) is 0 Å². The zero-order valence-corrected chi connectivity index (χ0v) is 14.5. The number of amides is 1. The lowest BCUT2D eigenvalue weighted by Gasteiger charge is -2.18. The minimum atomic E-state index is -0.226.